The Kier molecular flexibility index (Phi) is 8.03. The van der Waals surface area contributed by atoms with Gasteiger partial charge in [-0.25, -0.2) is 4.79 Å². The van der Waals surface area contributed by atoms with Crippen molar-refractivity contribution in [2.24, 2.45) is 5.92 Å². The molecule has 0 aliphatic carbocycles. The number of aromatic nitrogens is 2. The zero-order valence-corrected chi connectivity index (χ0v) is 19.1. The Morgan fingerprint density at radius 1 is 1.28 bits per heavy atom. The summed E-state index contributed by atoms with van der Waals surface area (Å²) in [6.45, 7) is 7.35. The fraction of sp³-hybridized carbons (Fsp3) is 0.500. The number of rotatable bonds is 8. The van der Waals surface area contributed by atoms with E-state index in [1.165, 1.54) is 0 Å². The summed E-state index contributed by atoms with van der Waals surface area (Å²) in [4.78, 5) is 46.7. The summed E-state index contributed by atoms with van der Waals surface area (Å²) in [5.74, 6) is -0.585. The number of hydrogen-bond donors (Lipinski definition) is 2. The number of esters is 1. The molecule has 1 fully saturated rings. The van der Waals surface area contributed by atoms with Gasteiger partial charge in [-0.1, -0.05) is 6.07 Å². The number of H-pyrrole nitrogens is 1. The molecule has 0 radical (unpaired) electrons. The van der Waals surface area contributed by atoms with Gasteiger partial charge in [-0.05, 0) is 63.3 Å². The van der Waals surface area contributed by atoms with Gasteiger partial charge in [0.05, 0.1) is 24.8 Å². The lowest BCUT2D eigenvalue weighted by molar-refractivity contribution is -0.135. The number of likely N-dealkylation sites (tertiary alicyclic amines) is 1. The zero-order chi connectivity index (χ0) is 23.1. The SMILES string of the molecule is CCOC(=O)c1[nH]c(C)c(CCC(=O)N2CCC[C@H](C(=O)NCc3ccccn3)C2)c1C. The molecule has 8 nitrogen and oxygen atoms in total. The van der Waals surface area contributed by atoms with E-state index in [1.54, 1.807) is 18.0 Å². The van der Waals surface area contributed by atoms with E-state index in [2.05, 4.69) is 15.3 Å². The van der Waals surface area contributed by atoms with E-state index in [1.807, 2.05) is 32.0 Å². The molecule has 0 aromatic carbocycles. The Bertz CT molecular complexity index is 954. The number of carbonyl (C=O) groups is 3. The highest BCUT2D eigenvalue weighted by Gasteiger charge is 2.28. The molecule has 2 aromatic heterocycles. The van der Waals surface area contributed by atoms with Crippen LogP contribution in [0.3, 0.4) is 0 Å². The summed E-state index contributed by atoms with van der Waals surface area (Å²) in [6.07, 6.45) is 4.16. The lowest BCUT2D eigenvalue weighted by Gasteiger charge is -2.32. The van der Waals surface area contributed by atoms with E-state index in [-0.39, 0.29) is 23.7 Å². The van der Waals surface area contributed by atoms with Crippen LogP contribution in [0.2, 0.25) is 0 Å². The minimum Gasteiger partial charge on any atom is -0.461 e. The maximum atomic E-state index is 12.9. The second kappa shape index (κ2) is 10.9. The molecule has 0 spiro atoms. The van der Waals surface area contributed by atoms with E-state index >= 15 is 0 Å². The normalized spacial score (nSPS) is 16.0. The summed E-state index contributed by atoms with van der Waals surface area (Å²) in [5, 5.41) is 2.94. The predicted molar refractivity (Wildman–Crippen MR) is 120 cm³/mol. The van der Waals surface area contributed by atoms with Crippen molar-refractivity contribution in [2.45, 2.75) is 53.0 Å². The van der Waals surface area contributed by atoms with E-state index in [0.29, 0.717) is 44.8 Å². The quantitative estimate of drug-likeness (QED) is 0.614. The molecular formula is C24H32N4O4. The lowest BCUT2D eigenvalue weighted by atomic mass is 9.96. The van der Waals surface area contributed by atoms with Gasteiger partial charge in [0, 0.05) is 31.4 Å². The molecule has 2 aromatic rings. The summed E-state index contributed by atoms with van der Waals surface area (Å²) in [5.41, 5.74) is 3.95. The van der Waals surface area contributed by atoms with Crippen molar-refractivity contribution in [3.63, 3.8) is 0 Å². The van der Waals surface area contributed by atoms with Crippen molar-refractivity contribution in [3.05, 3.63) is 52.6 Å². The first-order valence-electron chi connectivity index (χ1n) is 11.2. The van der Waals surface area contributed by atoms with Crippen molar-refractivity contribution >= 4 is 17.8 Å². The lowest BCUT2D eigenvalue weighted by Crippen LogP contribution is -2.45. The number of nitrogens with one attached hydrogen (secondary N) is 2. The van der Waals surface area contributed by atoms with Crippen LogP contribution in [0.15, 0.2) is 24.4 Å². The van der Waals surface area contributed by atoms with Crippen LogP contribution in [0.25, 0.3) is 0 Å². The Hall–Kier alpha value is -3.16. The van der Waals surface area contributed by atoms with E-state index < -0.39 is 0 Å². The maximum Gasteiger partial charge on any atom is 0.355 e. The summed E-state index contributed by atoms with van der Waals surface area (Å²) in [7, 11) is 0. The number of aromatic amines is 1. The first kappa shape index (κ1) is 23.5. The number of piperidine rings is 1. The standard InChI is InChI=1S/C24H32N4O4/c1-4-32-24(31)22-16(2)20(17(3)27-22)10-11-21(29)28-13-7-8-18(15-28)23(30)26-14-19-9-5-6-12-25-19/h5-6,9,12,18,27H,4,7-8,10-11,13-15H2,1-3H3,(H,26,30)/t18-/m0/s1. The second-order valence-electron chi connectivity index (χ2n) is 8.17. The monoisotopic (exact) mass is 440 g/mol. The summed E-state index contributed by atoms with van der Waals surface area (Å²) < 4.78 is 5.09. The van der Waals surface area contributed by atoms with E-state index in [0.717, 1.165) is 35.4 Å². The van der Waals surface area contributed by atoms with Crippen molar-refractivity contribution in [1.82, 2.24) is 20.2 Å². The average molecular weight is 441 g/mol. The largest absolute Gasteiger partial charge is 0.461 e. The molecular weight excluding hydrogens is 408 g/mol. The third-order valence-electron chi connectivity index (χ3n) is 5.98. The number of amides is 2. The predicted octanol–water partition coefficient (Wildman–Crippen LogP) is 2.69. The molecule has 1 aliphatic heterocycles. The van der Waals surface area contributed by atoms with Gasteiger partial charge in [-0.15, -0.1) is 0 Å². The van der Waals surface area contributed by atoms with Crippen LogP contribution >= 0.6 is 0 Å². The average Bonchev–Trinajstić information content (AvgIpc) is 3.10. The van der Waals surface area contributed by atoms with Crippen molar-refractivity contribution < 1.29 is 19.1 Å². The Morgan fingerprint density at radius 3 is 2.81 bits per heavy atom. The maximum absolute atomic E-state index is 12.9. The van der Waals surface area contributed by atoms with Crippen molar-refractivity contribution in [1.29, 1.82) is 0 Å². The molecule has 0 unspecified atom stereocenters. The van der Waals surface area contributed by atoms with E-state index in [9.17, 15) is 14.4 Å². The minimum absolute atomic E-state index is 0.0323. The molecule has 1 aliphatic rings. The van der Waals surface area contributed by atoms with Gasteiger partial charge < -0.3 is 19.9 Å². The highest BCUT2D eigenvalue weighted by molar-refractivity contribution is 5.90. The molecule has 8 heteroatoms. The van der Waals surface area contributed by atoms with Crippen LogP contribution in [-0.4, -0.2) is 52.3 Å². The number of hydrogen-bond acceptors (Lipinski definition) is 5. The molecule has 32 heavy (non-hydrogen) atoms. The number of pyridine rings is 1. The summed E-state index contributed by atoms with van der Waals surface area (Å²) >= 11 is 0. The molecule has 172 valence electrons. The van der Waals surface area contributed by atoms with Gasteiger partial charge in [0.1, 0.15) is 5.69 Å². The number of ether oxygens (including phenoxy) is 1. The number of carbonyl (C=O) groups excluding carboxylic acids is 3. The first-order chi connectivity index (χ1) is 15.4. The second-order valence-corrected chi connectivity index (χ2v) is 8.17. The molecule has 0 saturated carbocycles. The van der Waals surface area contributed by atoms with Crippen LogP contribution in [0.1, 0.15) is 59.2 Å². The Morgan fingerprint density at radius 2 is 2.09 bits per heavy atom. The van der Waals surface area contributed by atoms with Crippen LogP contribution < -0.4 is 5.32 Å². The van der Waals surface area contributed by atoms with E-state index in [4.69, 9.17) is 4.74 Å². The molecule has 0 bridgehead atoms. The number of nitrogens with zero attached hydrogens (tertiary/aromatic N) is 2. The molecule has 1 atom stereocenters. The van der Waals surface area contributed by atoms with Crippen molar-refractivity contribution in [3.8, 4) is 0 Å². The van der Waals surface area contributed by atoms with Gasteiger partial charge in [0.15, 0.2) is 0 Å². The van der Waals surface area contributed by atoms with Crippen molar-refractivity contribution in [2.75, 3.05) is 19.7 Å². The van der Waals surface area contributed by atoms with Gasteiger partial charge in [-0.3, -0.25) is 14.6 Å². The molecule has 2 N–H and O–H groups in total. The first-order valence-corrected chi connectivity index (χ1v) is 11.2. The minimum atomic E-state index is -0.374. The van der Waals surface area contributed by atoms with Gasteiger partial charge in [-0.2, -0.15) is 0 Å². The van der Waals surface area contributed by atoms with Crippen LogP contribution in [0, 0.1) is 19.8 Å². The molecule has 2 amide bonds. The molecule has 3 heterocycles. The van der Waals surface area contributed by atoms with Crippen LogP contribution in [0.5, 0.6) is 0 Å². The topological polar surface area (TPSA) is 104 Å². The third kappa shape index (κ3) is 5.75. The van der Waals surface area contributed by atoms with Crippen LogP contribution in [0.4, 0.5) is 0 Å². The van der Waals surface area contributed by atoms with Gasteiger partial charge >= 0.3 is 5.97 Å². The fourth-order valence-corrected chi connectivity index (χ4v) is 4.20. The molecule has 1 saturated heterocycles. The van der Waals surface area contributed by atoms with Gasteiger partial charge in [0.25, 0.3) is 0 Å². The summed E-state index contributed by atoms with van der Waals surface area (Å²) in [6, 6.07) is 5.60. The number of aryl methyl sites for hydroxylation is 1. The van der Waals surface area contributed by atoms with Crippen LogP contribution in [-0.2, 0) is 27.3 Å². The zero-order valence-electron chi connectivity index (χ0n) is 19.1. The Labute approximate surface area is 188 Å². The Balaban J connectivity index is 1.53. The highest BCUT2D eigenvalue weighted by Crippen LogP contribution is 2.22. The highest BCUT2D eigenvalue weighted by atomic mass is 16.5. The van der Waals surface area contributed by atoms with Gasteiger partial charge in [0.2, 0.25) is 11.8 Å². The smallest absolute Gasteiger partial charge is 0.355 e. The fourth-order valence-electron chi connectivity index (χ4n) is 4.20. The third-order valence-corrected chi connectivity index (χ3v) is 5.98. The molecule has 3 rings (SSSR count).